The Morgan fingerprint density at radius 2 is 2.15 bits per heavy atom. The summed E-state index contributed by atoms with van der Waals surface area (Å²) in [4.78, 5) is 17.0. The van der Waals surface area contributed by atoms with Gasteiger partial charge >= 0.3 is 0 Å². The first-order chi connectivity index (χ1) is 12.6. The summed E-state index contributed by atoms with van der Waals surface area (Å²) in [6.45, 7) is 0. The minimum Gasteiger partial charge on any atom is -0.497 e. The summed E-state index contributed by atoms with van der Waals surface area (Å²) in [5, 5.41) is 1.32. The molecule has 0 bridgehead atoms. The molecule has 2 N–H and O–H groups in total. The molecule has 1 aliphatic carbocycles. The number of amides is 1. The Hall–Kier alpha value is -2.31. The summed E-state index contributed by atoms with van der Waals surface area (Å²) in [6, 6.07) is 11.6. The lowest BCUT2D eigenvalue weighted by Crippen LogP contribution is -2.37. The fourth-order valence-electron chi connectivity index (χ4n) is 3.25. The number of fused-ring (bicyclic) bond motifs is 2. The molecule has 1 aromatic heterocycles. The van der Waals surface area contributed by atoms with Gasteiger partial charge < -0.3 is 4.74 Å². The number of aromatic nitrogens is 1. The van der Waals surface area contributed by atoms with E-state index >= 15 is 0 Å². The fourth-order valence-corrected chi connectivity index (χ4v) is 4.35. The molecule has 1 atom stereocenters. The number of hydrogen-bond acceptors (Lipinski definition) is 5. The van der Waals surface area contributed by atoms with E-state index in [1.807, 2.05) is 18.2 Å². The standard InChI is InChI=1S/C19H18ClN3O2S/c1-25-15-6-4-11-8-13(3-2-12(11)9-15)18(24)22-23-19-21-16-7-5-14(20)10-17(16)26-19/h4-7,9-10,13H,2-3,8H2,1H3,(H,21,23)(H,22,24). The maximum absolute atomic E-state index is 12.5. The Kier molecular flexibility index (Phi) is 4.70. The average molecular weight is 388 g/mol. The Bertz CT molecular complexity index is 973. The van der Waals surface area contributed by atoms with E-state index in [2.05, 4.69) is 28.0 Å². The van der Waals surface area contributed by atoms with Crippen molar-refractivity contribution in [2.75, 3.05) is 12.5 Å². The summed E-state index contributed by atoms with van der Waals surface area (Å²) >= 11 is 7.46. The Labute approximate surface area is 160 Å². The highest BCUT2D eigenvalue weighted by Gasteiger charge is 2.25. The van der Waals surface area contributed by atoms with Crippen molar-refractivity contribution in [1.82, 2.24) is 10.4 Å². The molecule has 1 aliphatic rings. The third kappa shape index (κ3) is 3.48. The number of nitrogens with one attached hydrogen (secondary N) is 2. The minimum atomic E-state index is -0.0489. The maximum Gasteiger partial charge on any atom is 0.241 e. The second-order valence-corrected chi connectivity index (χ2v) is 7.79. The molecule has 1 amide bonds. The zero-order valence-corrected chi connectivity index (χ0v) is 15.8. The van der Waals surface area contributed by atoms with Crippen molar-refractivity contribution in [2.24, 2.45) is 5.92 Å². The molecule has 0 saturated carbocycles. The van der Waals surface area contributed by atoms with Crippen LogP contribution in [0.4, 0.5) is 5.13 Å². The number of methoxy groups -OCH3 is 1. The highest BCUT2D eigenvalue weighted by molar-refractivity contribution is 7.22. The number of hydrogen-bond donors (Lipinski definition) is 2. The van der Waals surface area contributed by atoms with Crippen LogP contribution in [0.25, 0.3) is 10.2 Å². The maximum atomic E-state index is 12.5. The van der Waals surface area contributed by atoms with Gasteiger partial charge in [-0.15, -0.1) is 0 Å². The van der Waals surface area contributed by atoms with Gasteiger partial charge in [-0.3, -0.25) is 15.6 Å². The van der Waals surface area contributed by atoms with Gasteiger partial charge in [0.25, 0.3) is 0 Å². The van der Waals surface area contributed by atoms with Gasteiger partial charge in [-0.1, -0.05) is 29.0 Å². The van der Waals surface area contributed by atoms with Gasteiger partial charge in [-0.2, -0.15) is 0 Å². The number of carbonyl (C=O) groups is 1. The number of thiazole rings is 1. The summed E-state index contributed by atoms with van der Waals surface area (Å²) in [5.41, 5.74) is 9.08. The molecule has 1 heterocycles. The highest BCUT2D eigenvalue weighted by Crippen LogP contribution is 2.30. The number of anilines is 1. The lowest BCUT2D eigenvalue weighted by atomic mass is 9.83. The van der Waals surface area contributed by atoms with Gasteiger partial charge in [0.05, 0.1) is 17.3 Å². The summed E-state index contributed by atoms with van der Waals surface area (Å²) in [6.07, 6.45) is 2.44. The quantitative estimate of drug-likeness (QED) is 0.658. The van der Waals surface area contributed by atoms with Crippen LogP contribution >= 0.6 is 22.9 Å². The summed E-state index contributed by atoms with van der Waals surface area (Å²) < 4.78 is 6.25. The van der Waals surface area contributed by atoms with Gasteiger partial charge in [0.15, 0.2) is 0 Å². The van der Waals surface area contributed by atoms with Crippen LogP contribution in [-0.4, -0.2) is 18.0 Å². The molecule has 1 unspecified atom stereocenters. The number of benzene rings is 2. The van der Waals surface area contributed by atoms with E-state index in [1.54, 1.807) is 13.2 Å². The molecule has 4 rings (SSSR count). The third-order valence-corrected chi connectivity index (χ3v) is 5.82. The average Bonchev–Trinajstić information content (AvgIpc) is 3.07. The van der Waals surface area contributed by atoms with Crippen molar-refractivity contribution >= 4 is 44.2 Å². The van der Waals surface area contributed by atoms with E-state index in [1.165, 1.54) is 22.5 Å². The van der Waals surface area contributed by atoms with E-state index in [0.717, 1.165) is 35.2 Å². The van der Waals surface area contributed by atoms with Gasteiger partial charge in [0.2, 0.25) is 11.0 Å². The number of hydrazine groups is 1. The number of nitrogens with zero attached hydrogens (tertiary/aromatic N) is 1. The van der Waals surface area contributed by atoms with Crippen LogP contribution in [0.1, 0.15) is 17.5 Å². The van der Waals surface area contributed by atoms with E-state index in [4.69, 9.17) is 16.3 Å². The molecule has 3 aromatic rings. The van der Waals surface area contributed by atoms with Crippen molar-refractivity contribution in [1.29, 1.82) is 0 Å². The topological polar surface area (TPSA) is 63.2 Å². The van der Waals surface area contributed by atoms with Crippen LogP contribution in [0.2, 0.25) is 5.02 Å². The van der Waals surface area contributed by atoms with Crippen LogP contribution in [-0.2, 0) is 17.6 Å². The number of rotatable bonds is 4. The molecule has 134 valence electrons. The monoisotopic (exact) mass is 387 g/mol. The molecule has 2 aromatic carbocycles. The van der Waals surface area contributed by atoms with Crippen molar-refractivity contribution in [3.8, 4) is 5.75 Å². The second-order valence-electron chi connectivity index (χ2n) is 6.32. The lowest BCUT2D eigenvalue weighted by molar-refractivity contribution is -0.124. The van der Waals surface area contributed by atoms with E-state index in [0.29, 0.717) is 10.2 Å². The van der Waals surface area contributed by atoms with Crippen molar-refractivity contribution in [3.05, 3.63) is 52.5 Å². The van der Waals surface area contributed by atoms with Gasteiger partial charge in [-0.05, 0) is 60.7 Å². The van der Waals surface area contributed by atoms with E-state index in [9.17, 15) is 4.79 Å². The zero-order valence-electron chi connectivity index (χ0n) is 14.2. The normalized spacial score (nSPS) is 16.2. The molecule has 0 radical (unpaired) electrons. The lowest BCUT2D eigenvalue weighted by Gasteiger charge is -2.24. The van der Waals surface area contributed by atoms with Gasteiger partial charge in [0.1, 0.15) is 5.75 Å². The summed E-state index contributed by atoms with van der Waals surface area (Å²) in [7, 11) is 1.67. The van der Waals surface area contributed by atoms with Gasteiger partial charge in [-0.25, -0.2) is 4.98 Å². The Morgan fingerprint density at radius 1 is 1.27 bits per heavy atom. The van der Waals surface area contributed by atoms with Crippen LogP contribution in [0.15, 0.2) is 36.4 Å². The van der Waals surface area contributed by atoms with Crippen LogP contribution < -0.4 is 15.6 Å². The SMILES string of the molecule is COc1ccc2c(c1)CCC(C(=O)NNc1nc3ccc(Cl)cc3s1)C2. The molecular formula is C19H18ClN3O2S. The Balaban J connectivity index is 1.40. The van der Waals surface area contributed by atoms with Crippen LogP contribution in [0.5, 0.6) is 5.75 Å². The highest BCUT2D eigenvalue weighted by atomic mass is 35.5. The van der Waals surface area contributed by atoms with E-state index < -0.39 is 0 Å². The van der Waals surface area contributed by atoms with Gasteiger partial charge in [0, 0.05) is 10.9 Å². The van der Waals surface area contributed by atoms with Crippen molar-refractivity contribution < 1.29 is 9.53 Å². The van der Waals surface area contributed by atoms with Crippen LogP contribution in [0, 0.1) is 5.92 Å². The number of carbonyl (C=O) groups excluding carboxylic acids is 1. The molecular weight excluding hydrogens is 370 g/mol. The minimum absolute atomic E-state index is 0.0104. The molecule has 0 fully saturated rings. The van der Waals surface area contributed by atoms with Crippen LogP contribution in [0.3, 0.4) is 0 Å². The largest absolute Gasteiger partial charge is 0.497 e. The smallest absolute Gasteiger partial charge is 0.241 e. The molecule has 0 aliphatic heterocycles. The first kappa shape index (κ1) is 17.1. The fraction of sp³-hybridized carbons (Fsp3) is 0.263. The molecule has 0 spiro atoms. The predicted molar refractivity (Wildman–Crippen MR) is 105 cm³/mol. The Morgan fingerprint density at radius 3 is 3.00 bits per heavy atom. The number of aryl methyl sites for hydroxylation is 1. The third-order valence-electron chi connectivity index (χ3n) is 4.66. The van der Waals surface area contributed by atoms with E-state index in [-0.39, 0.29) is 11.8 Å². The van der Waals surface area contributed by atoms with Crippen molar-refractivity contribution in [2.45, 2.75) is 19.3 Å². The molecule has 7 heteroatoms. The first-order valence-corrected chi connectivity index (χ1v) is 9.59. The molecule has 26 heavy (non-hydrogen) atoms. The first-order valence-electron chi connectivity index (χ1n) is 8.40. The zero-order chi connectivity index (χ0) is 18.1. The number of ether oxygens (including phenoxy) is 1. The predicted octanol–water partition coefficient (Wildman–Crippen LogP) is 4.21. The molecule has 5 nitrogen and oxygen atoms in total. The summed E-state index contributed by atoms with van der Waals surface area (Å²) in [5.74, 6) is 0.806. The number of halogens is 1. The van der Waals surface area contributed by atoms with Crippen molar-refractivity contribution in [3.63, 3.8) is 0 Å². The molecule has 0 saturated heterocycles. The second kappa shape index (κ2) is 7.13.